The van der Waals surface area contributed by atoms with Gasteiger partial charge in [0.15, 0.2) is 0 Å². The van der Waals surface area contributed by atoms with Crippen molar-refractivity contribution in [2.75, 3.05) is 0 Å². The van der Waals surface area contributed by atoms with E-state index in [0.29, 0.717) is 5.92 Å². The van der Waals surface area contributed by atoms with Gasteiger partial charge in [0, 0.05) is 38.2 Å². The van der Waals surface area contributed by atoms with E-state index in [1.807, 2.05) is 0 Å². The minimum absolute atomic E-state index is 0.403. The van der Waals surface area contributed by atoms with Crippen molar-refractivity contribution in [3.8, 4) is 33.6 Å². The summed E-state index contributed by atoms with van der Waals surface area (Å²) in [7, 11) is 0. The second-order valence-corrected chi connectivity index (χ2v) is 15.6. The zero-order valence-corrected chi connectivity index (χ0v) is 31.9. The molecule has 1 unspecified atom stereocenters. The standard InChI is InChI=1S/C56H38N2/c1-3-15-37(16-4-1)39-27-31-55-49(35-39)47-23-11-13-25-51(47)57(55)53-33-29-43(41-19-7-9-21-45(41)53)44-30-34-54(46-22-10-8-20-42(44)46)58-52-26-14-12-24-48(52)50-36-40(28-32-56(50)58)38-17-5-2-6-18-38/h1-17,19-36,38H,18H2. The van der Waals surface area contributed by atoms with Gasteiger partial charge in [0.1, 0.15) is 0 Å². The predicted molar refractivity (Wildman–Crippen MR) is 247 cm³/mol. The summed E-state index contributed by atoms with van der Waals surface area (Å²) in [6.45, 7) is 0. The molecule has 0 saturated heterocycles. The molecule has 0 spiro atoms. The zero-order valence-electron chi connectivity index (χ0n) is 31.9. The molecule has 1 aliphatic carbocycles. The summed E-state index contributed by atoms with van der Waals surface area (Å²) in [5.41, 5.74) is 13.5. The molecule has 0 aliphatic heterocycles. The van der Waals surface area contributed by atoms with Gasteiger partial charge in [-0.15, -0.1) is 0 Å². The monoisotopic (exact) mass is 738 g/mol. The molecule has 0 fully saturated rings. The topological polar surface area (TPSA) is 9.86 Å². The Hall–Kier alpha value is -7.42. The molecule has 0 N–H and O–H groups in total. The molecule has 1 atom stereocenters. The number of benzene rings is 9. The van der Waals surface area contributed by atoms with Crippen LogP contribution in [0.4, 0.5) is 0 Å². The molecule has 0 bridgehead atoms. The second-order valence-electron chi connectivity index (χ2n) is 15.6. The van der Waals surface area contributed by atoms with E-state index in [0.717, 1.165) is 6.42 Å². The van der Waals surface area contributed by atoms with Crippen LogP contribution in [0.25, 0.3) is 98.8 Å². The van der Waals surface area contributed by atoms with Crippen molar-refractivity contribution in [1.29, 1.82) is 0 Å². The van der Waals surface area contributed by atoms with Crippen LogP contribution in [0.2, 0.25) is 0 Å². The number of fused-ring (bicyclic) bond motifs is 8. The first-order valence-corrected chi connectivity index (χ1v) is 20.3. The molecule has 0 radical (unpaired) electrons. The molecule has 0 saturated carbocycles. The van der Waals surface area contributed by atoms with E-state index in [-0.39, 0.29) is 0 Å². The smallest absolute Gasteiger partial charge is 0.0541 e. The fraction of sp³-hybridized carbons (Fsp3) is 0.0357. The SMILES string of the molecule is C1=CCC(c2ccc3c(c2)c2ccccc2n3-c2ccc(-c3ccc(-n4c5ccccc5c5cc(-c6ccccc6)ccc54)c4ccccc34)c3ccccc23)C=C1. The van der Waals surface area contributed by atoms with Crippen molar-refractivity contribution < 1.29 is 0 Å². The first-order valence-electron chi connectivity index (χ1n) is 20.3. The molecule has 2 aromatic heterocycles. The third-order valence-electron chi connectivity index (χ3n) is 12.5. The lowest BCUT2D eigenvalue weighted by Gasteiger charge is -2.18. The Labute approximate surface area is 336 Å². The third kappa shape index (κ3) is 4.98. The normalized spacial score (nSPS) is 14.2. The van der Waals surface area contributed by atoms with Gasteiger partial charge in [-0.05, 0) is 93.5 Å². The van der Waals surface area contributed by atoms with Crippen LogP contribution >= 0.6 is 0 Å². The van der Waals surface area contributed by atoms with Gasteiger partial charge in [-0.3, -0.25) is 0 Å². The molecular weight excluding hydrogens is 701 g/mol. The van der Waals surface area contributed by atoms with E-state index in [4.69, 9.17) is 0 Å². The van der Waals surface area contributed by atoms with Crippen LogP contribution in [0.15, 0.2) is 212 Å². The van der Waals surface area contributed by atoms with E-state index in [9.17, 15) is 0 Å². The molecule has 2 heteroatoms. The molecule has 2 heterocycles. The lowest BCUT2D eigenvalue weighted by Crippen LogP contribution is -1.99. The van der Waals surface area contributed by atoms with Crippen LogP contribution < -0.4 is 0 Å². The quantitative estimate of drug-likeness (QED) is 0.166. The summed E-state index contributed by atoms with van der Waals surface area (Å²) in [5.74, 6) is 0.403. The molecule has 58 heavy (non-hydrogen) atoms. The summed E-state index contributed by atoms with van der Waals surface area (Å²) >= 11 is 0. The van der Waals surface area contributed by atoms with Gasteiger partial charge in [-0.1, -0.05) is 164 Å². The van der Waals surface area contributed by atoms with Gasteiger partial charge >= 0.3 is 0 Å². The number of nitrogens with zero attached hydrogens (tertiary/aromatic N) is 2. The molecular formula is C56H38N2. The van der Waals surface area contributed by atoms with E-state index in [1.165, 1.54) is 104 Å². The average Bonchev–Trinajstić information content (AvgIpc) is 3.81. The van der Waals surface area contributed by atoms with Crippen LogP contribution in [-0.4, -0.2) is 9.13 Å². The Morgan fingerprint density at radius 3 is 1.43 bits per heavy atom. The Balaban J connectivity index is 1.04. The Morgan fingerprint density at radius 2 is 0.845 bits per heavy atom. The largest absolute Gasteiger partial charge is 0.309 e. The lowest BCUT2D eigenvalue weighted by molar-refractivity contribution is 0.855. The molecule has 12 rings (SSSR count). The van der Waals surface area contributed by atoms with Gasteiger partial charge < -0.3 is 9.13 Å². The van der Waals surface area contributed by atoms with Crippen molar-refractivity contribution in [2.24, 2.45) is 0 Å². The Bertz CT molecular complexity index is 3480. The molecule has 2 nitrogen and oxygen atoms in total. The maximum Gasteiger partial charge on any atom is 0.0541 e. The first-order chi connectivity index (χ1) is 28.8. The number of allylic oxidation sites excluding steroid dienone is 4. The molecule has 11 aromatic rings. The average molecular weight is 739 g/mol. The minimum Gasteiger partial charge on any atom is -0.309 e. The van der Waals surface area contributed by atoms with Crippen LogP contribution in [0, 0.1) is 0 Å². The van der Waals surface area contributed by atoms with Gasteiger partial charge in [-0.2, -0.15) is 0 Å². The summed E-state index contributed by atoms with van der Waals surface area (Å²) in [4.78, 5) is 0. The van der Waals surface area contributed by atoms with Crippen LogP contribution in [0.1, 0.15) is 17.9 Å². The zero-order chi connectivity index (χ0) is 38.2. The fourth-order valence-corrected chi connectivity index (χ4v) is 9.78. The summed E-state index contributed by atoms with van der Waals surface area (Å²) < 4.78 is 4.94. The van der Waals surface area contributed by atoms with Crippen molar-refractivity contribution in [3.05, 3.63) is 218 Å². The number of rotatable bonds is 5. The maximum atomic E-state index is 2.48. The second kappa shape index (κ2) is 13.1. The highest BCUT2D eigenvalue weighted by Gasteiger charge is 2.20. The molecule has 0 amide bonds. The van der Waals surface area contributed by atoms with Gasteiger partial charge in [0.2, 0.25) is 0 Å². The molecule has 1 aliphatic rings. The van der Waals surface area contributed by atoms with E-state index >= 15 is 0 Å². The highest BCUT2D eigenvalue weighted by molar-refractivity contribution is 6.15. The fourth-order valence-electron chi connectivity index (χ4n) is 9.78. The van der Waals surface area contributed by atoms with Crippen molar-refractivity contribution in [1.82, 2.24) is 9.13 Å². The maximum absolute atomic E-state index is 2.48. The van der Waals surface area contributed by atoms with Crippen molar-refractivity contribution in [2.45, 2.75) is 12.3 Å². The Morgan fingerprint density at radius 1 is 0.345 bits per heavy atom. The van der Waals surface area contributed by atoms with E-state index in [1.54, 1.807) is 0 Å². The molecule has 9 aromatic carbocycles. The number of aromatic nitrogens is 2. The van der Waals surface area contributed by atoms with Crippen LogP contribution in [0.3, 0.4) is 0 Å². The third-order valence-corrected chi connectivity index (χ3v) is 12.5. The van der Waals surface area contributed by atoms with Crippen molar-refractivity contribution in [3.63, 3.8) is 0 Å². The molecule has 272 valence electrons. The Kier molecular flexibility index (Phi) is 7.39. The van der Waals surface area contributed by atoms with E-state index in [2.05, 4.69) is 221 Å². The summed E-state index contributed by atoms with van der Waals surface area (Å²) in [6.07, 6.45) is 9.97. The highest BCUT2D eigenvalue weighted by atomic mass is 15.0. The number of hydrogen-bond donors (Lipinski definition) is 0. The van der Waals surface area contributed by atoms with Crippen LogP contribution in [0.5, 0.6) is 0 Å². The van der Waals surface area contributed by atoms with Crippen LogP contribution in [-0.2, 0) is 0 Å². The number of para-hydroxylation sites is 2. The summed E-state index contributed by atoms with van der Waals surface area (Å²) in [6, 6.07) is 69.6. The lowest BCUT2D eigenvalue weighted by atomic mass is 9.91. The van der Waals surface area contributed by atoms with E-state index < -0.39 is 0 Å². The van der Waals surface area contributed by atoms with Gasteiger partial charge in [0.25, 0.3) is 0 Å². The van der Waals surface area contributed by atoms with Crippen molar-refractivity contribution >= 4 is 65.2 Å². The van der Waals surface area contributed by atoms with Gasteiger partial charge in [0.05, 0.1) is 33.4 Å². The first kappa shape index (κ1) is 32.8. The minimum atomic E-state index is 0.403. The van der Waals surface area contributed by atoms with Gasteiger partial charge in [-0.25, -0.2) is 0 Å². The predicted octanol–water partition coefficient (Wildman–Crippen LogP) is 15.1. The summed E-state index contributed by atoms with van der Waals surface area (Å²) in [5, 5.41) is 10.0. The highest BCUT2D eigenvalue weighted by Crippen LogP contribution is 2.43. The number of hydrogen-bond acceptors (Lipinski definition) is 0.